The average molecular weight is 1190 g/mol. The van der Waals surface area contributed by atoms with Gasteiger partial charge in [-0.2, -0.15) is 0 Å². The van der Waals surface area contributed by atoms with Crippen molar-refractivity contribution in [2.45, 2.75) is 179 Å². The third kappa shape index (κ3) is 11.7. The van der Waals surface area contributed by atoms with E-state index >= 15 is 0 Å². The Morgan fingerprint density at radius 3 is 0.381 bits per heavy atom. The fourth-order valence-electron chi connectivity index (χ4n) is 10.1. The van der Waals surface area contributed by atoms with Crippen LogP contribution in [-0.4, -0.2) is 146 Å². The van der Waals surface area contributed by atoms with Crippen molar-refractivity contribution in [3.05, 3.63) is 0 Å². The van der Waals surface area contributed by atoms with Gasteiger partial charge in [0.2, 0.25) is 0 Å². The van der Waals surface area contributed by atoms with Gasteiger partial charge in [0, 0.05) is 0 Å². The second-order valence-electron chi connectivity index (χ2n) is 22.3. The topological polar surface area (TPSA) is 0 Å². The minimum atomic E-state index is -1.01. The molecule has 0 aliphatic rings. The van der Waals surface area contributed by atoms with Crippen LogP contribution in [0.25, 0.3) is 0 Å². The van der Waals surface area contributed by atoms with E-state index in [1.54, 1.807) is 24.7 Å². The molecule has 0 aliphatic carbocycles. The van der Waals surface area contributed by atoms with E-state index in [9.17, 15) is 0 Å². The summed E-state index contributed by atoms with van der Waals surface area (Å²) in [5.41, 5.74) is 0. The number of hydrogen-bond donors (Lipinski definition) is 0. The van der Waals surface area contributed by atoms with E-state index in [1.807, 2.05) is 0 Å². The predicted octanol–water partition coefficient (Wildman–Crippen LogP) is 10.6. The molecular weight excluding hydrogens is 1110 g/mol. The van der Waals surface area contributed by atoms with Crippen LogP contribution in [0.15, 0.2) is 0 Å². The van der Waals surface area contributed by atoms with E-state index in [1.165, 1.54) is 0 Å². The van der Waals surface area contributed by atoms with Gasteiger partial charge in [0.1, 0.15) is 0 Å². The van der Waals surface area contributed by atoms with Gasteiger partial charge >= 0.3 is 325 Å². The van der Waals surface area contributed by atoms with Crippen molar-refractivity contribution >= 4 is 146 Å². The third-order valence-electron chi connectivity index (χ3n) is 9.59. The van der Waals surface area contributed by atoms with E-state index in [2.05, 4.69) is 220 Å². The van der Waals surface area contributed by atoms with Crippen molar-refractivity contribution in [1.29, 1.82) is 0 Å². The Balaban J connectivity index is -0.000000543. The normalized spacial score (nSPS) is 15.9. The second kappa shape index (κ2) is 15.6. The predicted molar refractivity (Wildman–Crippen MR) is 242 cm³/mol. The number of rotatable bonds is 9. The van der Waals surface area contributed by atoms with Gasteiger partial charge in [-0.05, 0) is 0 Å². The van der Waals surface area contributed by atoms with Crippen LogP contribution >= 0.6 is 0 Å². The van der Waals surface area contributed by atoms with Crippen LogP contribution in [0.2, 0.25) is 179 Å². The van der Waals surface area contributed by atoms with Crippen LogP contribution in [-0.2, 0) is 0 Å². The summed E-state index contributed by atoms with van der Waals surface area (Å²) in [6.07, 6.45) is 0. The van der Waals surface area contributed by atoms with Gasteiger partial charge in [0.25, 0.3) is 0 Å². The molecule has 0 atom stereocenters. The van der Waals surface area contributed by atoms with Crippen molar-refractivity contribution < 1.29 is 0 Å². The molecule has 42 heavy (non-hydrogen) atoms. The van der Waals surface area contributed by atoms with Crippen LogP contribution in [0.5, 0.6) is 0 Å². The Morgan fingerprint density at radius 2 is 0.381 bits per heavy atom. The molecular formula is C28H81BiSi11Te2. The van der Waals surface area contributed by atoms with Gasteiger partial charge in [-0.15, -0.1) is 0 Å². The third-order valence-corrected chi connectivity index (χ3v) is 279. The molecule has 0 amide bonds. The monoisotopic (exact) mass is 1190 g/mol. The van der Waals surface area contributed by atoms with Gasteiger partial charge in [0.05, 0.1) is 0 Å². The molecule has 0 N–H and O–H groups in total. The van der Waals surface area contributed by atoms with Crippen molar-refractivity contribution in [2.24, 2.45) is 0 Å². The molecule has 0 spiro atoms. The molecule has 0 unspecified atom stereocenters. The van der Waals surface area contributed by atoms with Gasteiger partial charge in [-0.1, -0.05) is 0 Å². The van der Waals surface area contributed by atoms with Crippen LogP contribution in [0, 0.1) is 0 Å². The van der Waals surface area contributed by atoms with Crippen LogP contribution in [0.3, 0.4) is 0 Å². The Kier molecular flexibility index (Phi) is 19.0. The van der Waals surface area contributed by atoms with Crippen LogP contribution in [0.1, 0.15) is 0 Å². The molecule has 0 nitrogen and oxygen atoms in total. The first-order chi connectivity index (χ1) is 17.2. The SMILES string of the molecule is C[Si](C)(C)[C]([Bi])([Si](C)(C)C)[Si](C)(C)C.C[Si](C)(C)[Si]([Te])([Si](C)(C)C)[Si](C)(C)C.C[Si](C)(C)[Si]([Te])([Si](C)(C)C)[Si](C)(C)C. The first-order valence-corrected chi connectivity index (χ1v) is 66.4. The Hall–Kier alpha value is 4.85. The molecule has 4 radical (unpaired) electrons. The van der Waals surface area contributed by atoms with Crippen LogP contribution < -0.4 is 0 Å². The summed E-state index contributed by atoms with van der Waals surface area (Å²) in [5.74, 6) is 0. The Labute approximate surface area is 320 Å². The summed E-state index contributed by atoms with van der Waals surface area (Å²) in [6.45, 7) is 70.9. The van der Waals surface area contributed by atoms with Crippen molar-refractivity contribution in [3.8, 4) is 0 Å². The maximum absolute atomic E-state index is 2.68. The van der Waals surface area contributed by atoms with Gasteiger partial charge < -0.3 is 0 Å². The zero-order chi connectivity index (χ0) is 36.0. The zero-order valence-electron chi connectivity index (χ0n) is 34.3. The molecule has 0 aromatic rings. The molecule has 14 heteroatoms. The molecule has 254 valence electrons. The maximum atomic E-state index is 2.68. The first-order valence-electron chi connectivity index (χ1n) is 16.4. The van der Waals surface area contributed by atoms with Crippen molar-refractivity contribution in [2.75, 3.05) is 0 Å². The van der Waals surface area contributed by atoms with Crippen LogP contribution in [0.4, 0.5) is 0 Å². The standard InChI is InChI=1S/C10H27Si3.2C9H27Si4Te.Bi/c1-11(2,3)10(12(4,5)6)13(7,8)9;2*1-10(2,3)13(14,11(4,5)6)12(7,8)9;/h1-9H3;2*1-9H3;. The molecule has 0 rings (SSSR count). The summed E-state index contributed by atoms with van der Waals surface area (Å²) in [4.78, 5) is 0. The minimum absolute atomic E-state index is 0.840. The quantitative estimate of drug-likeness (QED) is 0.202. The Morgan fingerprint density at radius 1 is 0.286 bits per heavy atom. The van der Waals surface area contributed by atoms with Gasteiger partial charge in [-0.25, -0.2) is 0 Å². The molecule has 0 aromatic heterocycles. The molecule has 0 aromatic carbocycles. The van der Waals surface area contributed by atoms with Gasteiger partial charge in [-0.3, -0.25) is 0 Å². The van der Waals surface area contributed by atoms with E-state index in [0.717, 1.165) is 1.99 Å². The second-order valence-corrected chi connectivity index (χ2v) is 157. The van der Waals surface area contributed by atoms with E-state index in [-0.39, 0.29) is 0 Å². The van der Waals surface area contributed by atoms with E-state index < -0.39 is 78.1 Å². The fourth-order valence-corrected chi connectivity index (χ4v) is 213. The molecule has 0 fully saturated rings. The summed E-state index contributed by atoms with van der Waals surface area (Å²) < 4.78 is -1.01. The zero-order valence-corrected chi connectivity index (χ0v) is 53.4. The van der Waals surface area contributed by atoms with Crippen molar-refractivity contribution in [1.82, 2.24) is 0 Å². The van der Waals surface area contributed by atoms with Crippen molar-refractivity contribution in [3.63, 3.8) is 0 Å². The Bertz CT molecular complexity index is 626. The molecule has 0 saturated heterocycles. The molecule has 0 aliphatic heterocycles. The summed E-state index contributed by atoms with van der Waals surface area (Å²) >= 11 is 7.02. The molecule has 0 saturated carbocycles. The van der Waals surface area contributed by atoms with E-state index in [0.29, 0.717) is 0 Å². The molecule has 0 heterocycles. The van der Waals surface area contributed by atoms with Gasteiger partial charge in [0.15, 0.2) is 0 Å². The molecule has 0 bridgehead atoms. The first kappa shape index (κ1) is 51.2. The average Bonchev–Trinajstić information content (AvgIpc) is 2.58. The fraction of sp³-hybridized carbons (Fsp3) is 1.00. The summed E-state index contributed by atoms with van der Waals surface area (Å²) in [5, 5.41) is 0. The number of hydrogen-bond acceptors (Lipinski definition) is 0. The van der Waals surface area contributed by atoms with E-state index in [4.69, 9.17) is 0 Å². The summed E-state index contributed by atoms with van der Waals surface area (Å²) in [7, 11) is -8.52. The summed E-state index contributed by atoms with van der Waals surface area (Å²) in [6, 6.07) is 0.